The molecule has 1 aromatic carbocycles. The minimum absolute atomic E-state index is 1.30. The van der Waals surface area contributed by atoms with Crippen LogP contribution < -0.4 is 5.30 Å². The number of benzene rings is 1. The SMILES string of the molecule is CCCCCCCCCCC1=Cc2ccccc2[P]1. The van der Waals surface area contributed by atoms with E-state index in [1.165, 1.54) is 77.2 Å². The number of unbranched alkanes of at least 4 members (excludes halogenated alkanes) is 7. The molecule has 2 rings (SSSR count). The Kier molecular flexibility index (Phi) is 6.65. The van der Waals surface area contributed by atoms with Crippen LogP contribution in [0.25, 0.3) is 6.08 Å². The van der Waals surface area contributed by atoms with Crippen molar-refractivity contribution in [2.45, 2.75) is 64.7 Å². The van der Waals surface area contributed by atoms with E-state index in [4.69, 9.17) is 0 Å². The molecule has 0 amide bonds. The summed E-state index contributed by atoms with van der Waals surface area (Å²) in [6.45, 7) is 2.28. The van der Waals surface area contributed by atoms with E-state index in [1.807, 2.05) is 0 Å². The van der Waals surface area contributed by atoms with Gasteiger partial charge >= 0.3 is 0 Å². The Bertz CT molecular complexity index is 406. The highest BCUT2D eigenvalue weighted by atomic mass is 31.1. The van der Waals surface area contributed by atoms with Crippen LogP contribution in [0.5, 0.6) is 0 Å². The highest BCUT2D eigenvalue weighted by molar-refractivity contribution is 7.53. The van der Waals surface area contributed by atoms with E-state index in [2.05, 4.69) is 37.3 Å². The van der Waals surface area contributed by atoms with Gasteiger partial charge in [0, 0.05) is 0 Å². The van der Waals surface area contributed by atoms with Gasteiger partial charge in [-0.1, -0.05) is 76.1 Å². The van der Waals surface area contributed by atoms with Crippen LogP contribution in [-0.2, 0) is 0 Å². The van der Waals surface area contributed by atoms with Gasteiger partial charge in [-0.2, -0.15) is 0 Å². The Balaban J connectivity index is 1.54. The molecule has 0 aliphatic carbocycles. The molecule has 1 heteroatoms. The van der Waals surface area contributed by atoms with Crippen LogP contribution in [0.3, 0.4) is 0 Å². The van der Waals surface area contributed by atoms with Crippen molar-refractivity contribution in [3.8, 4) is 0 Å². The fourth-order valence-corrected chi connectivity index (χ4v) is 3.86. The lowest BCUT2D eigenvalue weighted by Crippen LogP contribution is -1.92. The van der Waals surface area contributed by atoms with Crippen molar-refractivity contribution in [3.05, 3.63) is 35.1 Å². The first kappa shape index (κ1) is 14.8. The van der Waals surface area contributed by atoms with Gasteiger partial charge in [0.2, 0.25) is 0 Å². The molecule has 1 aliphatic heterocycles. The van der Waals surface area contributed by atoms with Gasteiger partial charge in [-0.25, -0.2) is 0 Å². The van der Waals surface area contributed by atoms with Crippen molar-refractivity contribution in [1.29, 1.82) is 0 Å². The molecule has 0 spiro atoms. The van der Waals surface area contributed by atoms with E-state index in [9.17, 15) is 0 Å². The lowest BCUT2D eigenvalue weighted by atomic mass is 10.1. The number of hydrogen-bond donors (Lipinski definition) is 0. The monoisotopic (exact) mass is 273 g/mol. The summed E-state index contributed by atoms with van der Waals surface area (Å²) < 4.78 is 0. The highest BCUT2D eigenvalue weighted by Gasteiger charge is 2.11. The Hall–Kier alpha value is -0.610. The molecule has 1 aromatic rings. The zero-order valence-electron chi connectivity index (χ0n) is 12.2. The molecule has 0 N–H and O–H groups in total. The number of allylic oxidation sites excluding steroid dienone is 1. The average molecular weight is 273 g/mol. The van der Waals surface area contributed by atoms with E-state index in [0.29, 0.717) is 0 Å². The third-order valence-corrected chi connectivity index (χ3v) is 5.10. The lowest BCUT2D eigenvalue weighted by Gasteiger charge is -2.02. The van der Waals surface area contributed by atoms with Crippen molar-refractivity contribution in [1.82, 2.24) is 0 Å². The lowest BCUT2D eigenvalue weighted by molar-refractivity contribution is 0.577. The van der Waals surface area contributed by atoms with Gasteiger partial charge in [-0.05, 0) is 43.7 Å². The zero-order valence-corrected chi connectivity index (χ0v) is 13.1. The van der Waals surface area contributed by atoms with Gasteiger partial charge in [-0.15, -0.1) is 0 Å². The van der Waals surface area contributed by atoms with Crippen molar-refractivity contribution in [2.75, 3.05) is 0 Å². The second-order valence-electron chi connectivity index (χ2n) is 5.53. The maximum absolute atomic E-state index is 2.40. The standard InChI is InChI=1S/C18H26P/c1-2-3-4-5-6-7-8-9-13-17-15-16-12-10-11-14-18(16)19-17/h10-12,14-15H,2-9,13H2,1H3. The number of fused-ring (bicyclic) bond motifs is 1. The second-order valence-corrected chi connectivity index (χ2v) is 6.81. The fourth-order valence-electron chi connectivity index (χ4n) is 2.65. The highest BCUT2D eigenvalue weighted by Crippen LogP contribution is 2.36. The first-order chi connectivity index (χ1) is 9.40. The summed E-state index contributed by atoms with van der Waals surface area (Å²) in [5.41, 5.74) is 1.44. The van der Waals surface area contributed by atoms with Crippen molar-refractivity contribution >= 4 is 20.0 Å². The normalized spacial score (nSPS) is 14.7. The quantitative estimate of drug-likeness (QED) is 0.374. The zero-order chi connectivity index (χ0) is 13.3. The molecule has 0 saturated heterocycles. The molecule has 1 radical (unpaired) electrons. The largest absolute Gasteiger partial charge is 0.0654 e. The molecule has 0 aromatic heterocycles. The summed E-state index contributed by atoms with van der Waals surface area (Å²) in [6, 6.07) is 8.79. The predicted octanol–water partition coefficient (Wildman–Crippen LogP) is 6.14. The summed E-state index contributed by atoms with van der Waals surface area (Å²) >= 11 is 0. The molecule has 0 atom stereocenters. The van der Waals surface area contributed by atoms with Crippen LogP contribution in [0.2, 0.25) is 0 Å². The molecule has 0 saturated carbocycles. The van der Waals surface area contributed by atoms with Crippen molar-refractivity contribution in [2.24, 2.45) is 0 Å². The van der Waals surface area contributed by atoms with E-state index >= 15 is 0 Å². The maximum Gasteiger partial charge on any atom is -0.00769 e. The van der Waals surface area contributed by atoms with Gasteiger partial charge in [0.1, 0.15) is 0 Å². The van der Waals surface area contributed by atoms with Gasteiger partial charge in [-0.3, -0.25) is 0 Å². The smallest absolute Gasteiger partial charge is 0.00769 e. The third kappa shape index (κ3) is 5.11. The molecule has 19 heavy (non-hydrogen) atoms. The first-order valence-corrected chi connectivity index (χ1v) is 8.81. The average Bonchev–Trinajstić information content (AvgIpc) is 2.84. The summed E-state index contributed by atoms with van der Waals surface area (Å²) in [4.78, 5) is 0. The topological polar surface area (TPSA) is 0 Å². The maximum atomic E-state index is 2.40. The Morgan fingerprint density at radius 3 is 2.26 bits per heavy atom. The molecule has 0 unspecified atom stereocenters. The van der Waals surface area contributed by atoms with Crippen LogP contribution >= 0.6 is 8.58 Å². The van der Waals surface area contributed by atoms with E-state index in [0.717, 1.165) is 0 Å². The number of hydrogen-bond acceptors (Lipinski definition) is 0. The van der Waals surface area contributed by atoms with Crippen LogP contribution in [0.4, 0.5) is 0 Å². The van der Waals surface area contributed by atoms with Gasteiger partial charge < -0.3 is 0 Å². The molecule has 1 heterocycles. The summed E-state index contributed by atoms with van der Waals surface area (Å²) in [7, 11) is 1.46. The van der Waals surface area contributed by atoms with Gasteiger partial charge in [0.15, 0.2) is 0 Å². The minimum Gasteiger partial charge on any atom is -0.0654 e. The van der Waals surface area contributed by atoms with Gasteiger partial charge in [0.05, 0.1) is 0 Å². The van der Waals surface area contributed by atoms with E-state index in [-0.39, 0.29) is 0 Å². The molecular formula is C18H26P. The van der Waals surface area contributed by atoms with Gasteiger partial charge in [0.25, 0.3) is 0 Å². The van der Waals surface area contributed by atoms with E-state index in [1.54, 1.807) is 5.31 Å². The molecule has 0 nitrogen and oxygen atoms in total. The van der Waals surface area contributed by atoms with Crippen LogP contribution in [-0.4, -0.2) is 0 Å². The Morgan fingerprint density at radius 2 is 1.53 bits per heavy atom. The van der Waals surface area contributed by atoms with Crippen molar-refractivity contribution in [3.63, 3.8) is 0 Å². The summed E-state index contributed by atoms with van der Waals surface area (Å²) in [6.07, 6.45) is 15.0. The second kappa shape index (κ2) is 8.54. The summed E-state index contributed by atoms with van der Waals surface area (Å²) in [5.74, 6) is 0. The predicted molar refractivity (Wildman–Crippen MR) is 88.2 cm³/mol. The molecule has 0 bridgehead atoms. The number of rotatable bonds is 9. The molecule has 103 valence electrons. The molecule has 0 fully saturated rings. The molecule has 1 aliphatic rings. The summed E-state index contributed by atoms with van der Waals surface area (Å²) in [5, 5.41) is 3.12. The van der Waals surface area contributed by atoms with Crippen LogP contribution in [0.15, 0.2) is 29.6 Å². The molecular weight excluding hydrogens is 247 g/mol. The van der Waals surface area contributed by atoms with Crippen LogP contribution in [0.1, 0.15) is 70.3 Å². The minimum atomic E-state index is 1.30. The first-order valence-electron chi connectivity index (χ1n) is 7.91. The third-order valence-electron chi connectivity index (χ3n) is 3.81. The Morgan fingerprint density at radius 1 is 0.842 bits per heavy atom. The van der Waals surface area contributed by atoms with E-state index < -0.39 is 0 Å². The van der Waals surface area contributed by atoms with Crippen molar-refractivity contribution < 1.29 is 0 Å². The Labute approximate surface area is 120 Å². The fraction of sp³-hybridized carbons (Fsp3) is 0.556. The van der Waals surface area contributed by atoms with Crippen LogP contribution in [0, 0.1) is 0 Å².